The van der Waals surface area contributed by atoms with Crippen LogP contribution in [0.1, 0.15) is 19.8 Å². The molecular formula is C9H22N2O. The van der Waals surface area contributed by atoms with Crippen molar-refractivity contribution in [3.8, 4) is 0 Å². The summed E-state index contributed by atoms with van der Waals surface area (Å²) in [5, 5.41) is 6.44. The highest BCUT2D eigenvalue weighted by Gasteiger charge is 1.88. The van der Waals surface area contributed by atoms with Crippen LogP contribution in [0.4, 0.5) is 0 Å². The van der Waals surface area contributed by atoms with E-state index in [4.69, 9.17) is 4.74 Å². The Morgan fingerprint density at radius 2 is 1.92 bits per heavy atom. The molecule has 3 heteroatoms. The van der Waals surface area contributed by atoms with Crippen molar-refractivity contribution in [1.82, 2.24) is 10.6 Å². The van der Waals surface area contributed by atoms with Gasteiger partial charge in [0, 0.05) is 26.3 Å². The van der Waals surface area contributed by atoms with Crippen molar-refractivity contribution < 1.29 is 4.74 Å². The van der Waals surface area contributed by atoms with Gasteiger partial charge in [-0.1, -0.05) is 0 Å². The second kappa shape index (κ2) is 10.9. The zero-order chi connectivity index (χ0) is 9.07. The van der Waals surface area contributed by atoms with Crippen molar-refractivity contribution in [2.45, 2.75) is 19.8 Å². The molecule has 0 aromatic heterocycles. The summed E-state index contributed by atoms with van der Waals surface area (Å²) < 4.78 is 5.22. The van der Waals surface area contributed by atoms with Crippen LogP contribution < -0.4 is 10.6 Å². The van der Waals surface area contributed by atoms with Crippen LogP contribution in [-0.4, -0.2) is 39.9 Å². The number of nitrogens with one attached hydrogen (secondary N) is 2. The lowest BCUT2D eigenvalue weighted by Gasteiger charge is -2.03. The fraction of sp³-hybridized carbons (Fsp3) is 1.00. The predicted octanol–water partition coefficient (Wildman–Crippen LogP) is 0.612. The molecule has 0 saturated heterocycles. The zero-order valence-corrected chi connectivity index (χ0v) is 8.36. The molecule has 0 atom stereocenters. The van der Waals surface area contributed by atoms with Gasteiger partial charge in [0.2, 0.25) is 0 Å². The number of unbranched alkanes of at least 4 members (excludes halogenated alkanes) is 1. The third-order valence-electron chi connectivity index (χ3n) is 1.65. The molecule has 12 heavy (non-hydrogen) atoms. The van der Waals surface area contributed by atoms with Gasteiger partial charge in [-0.05, 0) is 33.4 Å². The summed E-state index contributed by atoms with van der Waals surface area (Å²) >= 11 is 0. The first kappa shape index (κ1) is 11.9. The normalized spacial score (nSPS) is 10.5. The highest BCUT2D eigenvalue weighted by Crippen LogP contribution is 1.87. The first-order valence-corrected chi connectivity index (χ1v) is 4.85. The first-order chi connectivity index (χ1) is 5.91. The van der Waals surface area contributed by atoms with E-state index in [9.17, 15) is 0 Å². The van der Waals surface area contributed by atoms with E-state index in [-0.39, 0.29) is 0 Å². The Balaban J connectivity index is 2.73. The minimum atomic E-state index is 0.840. The van der Waals surface area contributed by atoms with Crippen molar-refractivity contribution in [3.63, 3.8) is 0 Å². The lowest BCUT2D eigenvalue weighted by molar-refractivity contribution is 0.143. The average molecular weight is 174 g/mol. The number of hydrogen-bond donors (Lipinski definition) is 2. The Kier molecular flexibility index (Phi) is 10.8. The Bertz CT molecular complexity index is 68.9. The SMILES string of the molecule is CCOCCCCNCCNC. The van der Waals surface area contributed by atoms with E-state index in [1.807, 2.05) is 14.0 Å². The average Bonchev–Trinajstić information content (AvgIpc) is 2.10. The number of ether oxygens (including phenoxy) is 1. The van der Waals surface area contributed by atoms with Gasteiger partial charge in [0.1, 0.15) is 0 Å². The molecule has 0 aliphatic rings. The molecule has 0 aromatic rings. The van der Waals surface area contributed by atoms with E-state index in [2.05, 4.69) is 10.6 Å². The number of likely N-dealkylation sites (N-methyl/N-ethyl adjacent to an activating group) is 1. The Labute approximate surface area is 75.9 Å². The van der Waals surface area contributed by atoms with Crippen LogP contribution in [-0.2, 0) is 4.74 Å². The van der Waals surface area contributed by atoms with Crippen LogP contribution >= 0.6 is 0 Å². The molecule has 0 heterocycles. The zero-order valence-electron chi connectivity index (χ0n) is 8.36. The van der Waals surface area contributed by atoms with Crippen LogP contribution in [0.15, 0.2) is 0 Å². The Morgan fingerprint density at radius 1 is 1.08 bits per heavy atom. The molecule has 2 N–H and O–H groups in total. The molecule has 0 rings (SSSR count). The highest BCUT2D eigenvalue weighted by molar-refractivity contribution is 4.49. The molecule has 74 valence electrons. The monoisotopic (exact) mass is 174 g/mol. The predicted molar refractivity (Wildman–Crippen MR) is 52.5 cm³/mol. The van der Waals surface area contributed by atoms with Gasteiger partial charge in [-0.25, -0.2) is 0 Å². The van der Waals surface area contributed by atoms with E-state index < -0.39 is 0 Å². The van der Waals surface area contributed by atoms with E-state index in [0.717, 1.165) is 32.8 Å². The first-order valence-electron chi connectivity index (χ1n) is 4.85. The largest absolute Gasteiger partial charge is 0.382 e. The molecular weight excluding hydrogens is 152 g/mol. The van der Waals surface area contributed by atoms with Gasteiger partial charge in [0.05, 0.1) is 0 Å². The van der Waals surface area contributed by atoms with E-state index in [0.29, 0.717) is 0 Å². The van der Waals surface area contributed by atoms with Crippen molar-refractivity contribution >= 4 is 0 Å². The topological polar surface area (TPSA) is 33.3 Å². The van der Waals surface area contributed by atoms with Gasteiger partial charge in [0.15, 0.2) is 0 Å². The maximum absolute atomic E-state index is 5.22. The van der Waals surface area contributed by atoms with Crippen LogP contribution in [0.2, 0.25) is 0 Å². The molecule has 0 aliphatic heterocycles. The van der Waals surface area contributed by atoms with Crippen LogP contribution in [0.3, 0.4) is 0 Å². The molecule has 0 amide bonds. The molecule has 0 aromatic carbocycles. The summed E-state index contributed by atoms with van der Waals surface area (Å²) in [7, 11) is 1.97. The Hall–Kier alpha value is -0.120. The third kappa shape index (κ3) is 9.88. The van der Waals surface area contributed by atoms with Crippen LogP contribution in [0.25, 0.3) is 0 Å². The van der Waals surface area contributed by atoms with Crippen molar-refractivity contribution in [1.29, 1.82) is 0 Å². The summed E-state index contributed by atoms with van der Waals surface area (Å²) in [6, 6.07) is 0. The molecule has 3 nitrogen and oxygen atoms in total. The van der Waals surface area contributed by atoms with Crippen LogP contribution in [0.5, 0.6) is 0 Å². The van der Waals surface area contributed by atoms with Crippen molar-refractivity contribution in [2.24, 2.45) is 0 Å². The fourth-order valence-corrected chi connectivity index (χ4v) is 0.937. The molecule has 0 unspecified atom stereocenters. The smallest absolute Gasteiger partial charge is 0.0466 e. The molecule has 0 saturated carbocycles. The summed E-state index contributed by atoms with van der Waals surface area (Å²) in [6.45, 7) is 6.99. The van der Waals surface area contributed by atoms with E-state index in [1.165, 1.54) is 12.8 Å². The van der Waals surface area contributed by atoms with Gasteiger partial charge in [0.25, 0.3) is 0 Å². The molecule has 0 bridgehead atoms. The second-order valence-corrected chi connectivity index (χ2v) is 2.76. The minimum absolute atomic E-state index is 0.840. The van der Waals surface area contributed by atoms with E-state index in [1.54, 1.807) is 0 Å². The summed E-state index contributed by atoms with van der Waals surface area (Å²) in [6.07, 6.45) is 2.38. The number of hydrogen-bond acceptors (Lipinski definition) is 3. The molecule has 0 aliphatic carbocycles. The second-order valence-electron chi connectivity index (χ2n) is 2.76. The van der Waals surface area contributed by atoms with Gasteiger partial charge in [-0.3, -0.25) is 0 Å². The van der Waals surface area contributed by atoms with Gasteiger partial charge in [-0.2, -0.15) is 0 Å². The molecule has 0 spiro atoms. The number of rotatable bonds is 9. The van der Waals surface area contributed by atoms with Crippen LogP contribution in [0, 0.1) is 0 Å². The lowest BCUT2D eigenvalue weighted by Crippen LogP contribution is -2.25. The summed E-state index contributed by atoms with van der Waals surface area (Å²) in [4.78, 5) is 0. The highest BCUT2D eigenvalue weighted by atomic mass is 16.5. The summed E-state index contributed by atoms with van der Waals surface area (Å²) in [5.74, 6) is 0. The maximum Gasteiger partial charge on any atom is 0.0466 e. The Morgan fingerprint density at radius 3 is 2.58 bits per heavy atom. The van der Waals surface area contributed by atoms with Crippen molar-refractivity contribution in [3.05, 3.63) is 0 Å². The lowest BCUT2D eigenvalue weighted by atomic mass is 10.3. The van der Waals surface area contributed by atoms with Gasteiger partial charge in [-0.15, -0.1) is 0 Å². The minimum Gasteiger partial charge on any atom is -0.382 e. The quantitative estimate of drug-likeness (QED) is 0.503. The van der Waals surface area contributed by atoms with E-state index >= 15 is 0 Å². The molecule has 0 fully saturated rings. The van der Waals surface area contributed by atoms with Gasteiger partial charge < -0.3 is 15.4 Å². The maximum atomic E-state index is 5.22. The van der Waals surface area contributed by atoms with Crippen molar-refractivity contribution in [2.75, 3.05) is 39.9 Å². The summed E-state index contributed by atoms with van der Waals surface area (Å²) in [5.41, 5.74) is 0. The van der Waals surface area contributed by atoms with Gasteiger partial charge >= 0.3 is 0 Å². The fourth-order valence-electron chi connectivity index (χ4n) is 0.937. The standard InChI is InChI=1S/C9H22N2O/c1-3-12-9-5-4-6-11-8-7-10-2/h10-11H,3-9H2,1-2H3. The third-order valence-corrected chi connectivity index (χ3v) is 1.65. The molecule has 0 radical (unpaired) electrons.